The average molecular weight is 465 g/mol. The number of aromatic nitrogens is 1. The minimum atomic E-state index is -3.93. The number of halogens is 1. The van der Waals surface area contributed by atoms with Gasteiger partial charge in [0.15, 0.2) is 11.5 Å². The second kappa shape index (κ2) is 8.80. The topological polar surface area (TPSA) is 68.7 Å². The lowest BCUT2D eigenvalue weighted by Gasteiger charge is -2.24. The summed E-state index contributed by atoms with van der Waals surface area (Å²) in [6.07, 6.45) is 1.69. The first-order chi connectivity index (χ1) is 16.0. The summed E-state index contributed by atoms with van der Waals surface area (Å²) in [6.45, 7) is 0.949. The minimum absolute atomic E-state index is 0.0697. The smallest absolute Gasteiger partial charge is 0.243 e. The van der Waals surface area contributed by atoms with Gasteiger partial charge in [-0.1, -0.05) is 36.4 Å². The van der Waals surface area contributed by atoms with Gasteiger partial charge in [0, 0.05) is 30.7 Å². The Kier molecular flexibility index (Phi) is 5.70. The van der Waals surface area contributed by atoms with E-state index in [0.717, 1.165) is 16.5 Å². The van der Waals surface area contributed by atoms with Crippen molar-refractivity contribution in [2.75, 3.05) is 13.2 Å². The van der Waals surface area contributed by atoms with Crippen LogP contribution in [-0.4, -0.2) is 30.9 Å². The molecule has 0 fully saturated rings. The van der Waals surface area contributed by atoms with Crippen molar-refractivity contribution in [3.05, 3.63) is 95.9 Å². The number of hydrogen-bond acceptors (Lipinski definition) is 5. The van der Waals surface area contributed by atoms with Crippen LogP contribution >= 0.6 is 0 Å². The molecular formula is C25H21FN2O4S. The molecule has 1 aliphatic heterocycles. The lowest BCUT2D eigenvalue weighted by atomic mass is 10.1. The number of para-hydroxylation sites is 1. The minimum Gasteiger partial charge on any atom is -0.486 e. The second-order valence-corrected chi connectivity index (χ2v) is 9.64. The first-order valence-corrected chi connectivity index (χ1v) is 11.9. The van der Waals surface area contributed by atoms with E-state index in [-0.39, 0.29) is 23.8 Å². The molecule has 6 nitrogen and oxygen atoms in total. The third-order valence-corrected chi connectivity index (χ3v) is 7.27. The Labute approximate surface area is 191 Å². The molecule has 0 saturated heterocycles. The molecule has 0 spiro atoms. The van der Waals surface area contributed by atoms with Crippen molar-refractivity contribution in [1.29, 1.82) is 0 Å². The van der Waals surface area contributed by atoms with Gasteiger partial charge >= 0.3 is 0 Å². The molecule has 0 aliphatic carbocycles. The van der Waals surface area contributed by atoms with Gasteiger partial charge in [0.2, 0.25) is 10.0 Å². The highest BCUT2D eigenvalue weighted by atomic mass is 32.2. The Bertz CT molecular complexity index is 1400. The van der Waals surface area contributed by atoms with E-state index in [1.165, 1.54) is 28.6 Å². The number of benzene rings is 3. The lowest BCUT2D eigenvalue weighted by Crippen LogP contribution is -2.30. The van der Waals surface area contributed by atoms with Crippen LogP contribution in [0.3, 0.4) is 0 Å². The van der Waals surface area contributed by atoms with Crippen LogP contribution in [0.4, 0.5) is 4.39 Å². The Morgan fingerprint density at radius 1 is 0.879 bits per heavy atom. The van der Waals surface area contributed by atoms with Gasteiger partial charge in [-0.2, -0.15) is 4.31 Å². The van der Waals surface area contributed by atoms with Gasteiger partial charge in [0.25, 0.3) is 0 Å². The van der Waals surface area contributed by atoms with E-state index in [2.05, 4.69) is 4.98 Å². The van der Waals surface area contributed by atoms with E-state index in [9.17, 15) is 12.8 Å². The zero-order valence-corrected chi connectivity index (χ0v) is 18.5. The van der Waals surface area contributed by atoms with Gasteiger partial charge < -0.3 is 9.47 Å². The zero-order chi connectivity index (χ0) is 22.8. The van der Waals surface area contributed by atoms with Crippen molar-refractivity contribution in [3.8, 4) is 11.5 Å². The van der Waals surface area contributed by atoms with E-state index in [1.807, 2.05) is 30.3 Å². The van der Waals surface area contributed by atoms with Gasteiger partial charge in [-0.25, -0.2) is 12.8 Å². The normalized spacial score (nSPS) is 13.4. The van der Waals surface area contributed by atoms with Crippen molar-refractivity contribution in [2.24, 2.45) is 0 Å². The number of hydrogen-bond donors (Lipinski definition) is 0. The van der Waals surface area contributed by atoms with Crippen LogP contribution in [-0.2, 0) is 23.1 Å². The second-order valence-electron chi connectivity index (χ2n) is 7.70. The highest BCUT2D eigenvalue weighted by Crippen LogP contribution is 2.34. The molecule has 2 heterocycles. The predicted molar refractivity (Wildman–Crippen MR) is 122 cm³/mol. The zero-order valence-electron chi connectivity index (χ0n) is 17.6. The van der Waals surface area contributed by atoms with Crippen molar-refractivity contribution < 1.29 is 22.3 Å². The number of pyridine rings is 1. The van der Waals surface area contributed by atoms with E-state index in [1.54, 1.807) is 24.4 Å². The number of sulfonamides is 1. The molecule has 33 heavy (non-hydrogen) atoms. The Morgan fingerprint density at radius 3 is 2.45 bits per heavy atom. The molecule has 3 aromatic carbocycles. The van der Waals surface area contributed by atoms with E-state index < -0.39 is 10.0 Å². The molecule has 8 heteroatoms. The molecule has 1 aromatic heterocycles. The molecule has 168 valence electrons. The maximum Gasteiger partial charge on any atom is 0.243 e. The molecule has 0 bridgehead atoms. The lowest BCUT2D eigenvalue weighted by molar-refractivity contribution is 0.171. The number of fused-ring (bicyclic) bond motifs is 2. The SMILES string of the molecule is O=S(=O)(c1ccc2c(c1)OCCO2)N(Cc1ccc(F)cc1)Cc1cccc2cccnc12. The maximum atomic E-state index is 13.8. The monoisotopic (exact) mass is 464 g/mol. The summed E-state index contributed by atoms with van der Waals surface area (Å²) in [4.78, 5) is 4.56. The summed E-state index contributed by atoms with van der Waals surface area (Å²) in [5.74, 6) is 0.540. The van der Waals surface area contributed by atoms with E-state index in [0.29, 0.717) is 30.3 Å². The van der Waals surface area contributed by atoms with Crippen molar-refractivity contribution in [1.82, 2.24) is 9.29 Å². The summed E-state index contributed by atoms with van der Waals surface area (Å²) in [6, 6.07) is 19.9. The standard InChI is InChI=1S/C25H21FN2O4S/c26-21-8-6-18(7-9-21)16-28(17-20-4-1-3-19-5-2-12-27-25(19)20)33(29,30)22-10-11-23-24(15-22)32-14-13-31-23/h1-12,15H,13-14,16-17H2. The van der Waals surface area contributed by atoms with Gasteiger partial charge in [-0.3, -0.25) is 4.98 Å². The Balaban J connectivity index is 1.56. The van der Waals surface area contributed by atoms with Gasteiger partial charge in [-0.05, 0) is 41.5 Å². The fourth-order valence-electron chi connectivity index (χ4n) is 3.84. The Hall–Kier alpha value is -3.49. The molecule has 0 N–H and O–H groups in total. The third-order valence-electron chi connectivity index (χ3n) is 5.49. The summed E-state index contributed by atoms with van der Waals surface area (Å²) in [5.41, 5.74) is 2.18. The third kappa shape index (κ3) is 4.40. The van der Waals surface area contributed by atoms with Crippen LogP contribution in [0, 0.1) is 5.82 Å². The quantitative estimate of drug-likeness (QED) is 0.419. The fraction of sp³-hybridized carbons (Fsp3) is 0.160. The van der Waals surface area contributed by atoms with E-state index in [4.69, 9.17) is 9.47 Å². The van der Waals surface area contributed by atoms with Crippen molar-refractivity contribution >= 4 is 20.9 Å². The number of nitrogens with zero attached hydrogens (tertiary/aromatic N) is 2. The average Bonchev–Trinajstić information content (AvgIpc) is 2.85. The largest absolute Gasteiger partial charge is 0.486 e. The van der Waals surface area contributed by atoms with Crippen LogP contribution < -0.4 is 9.47 Å². The van der Waals surface area contributed by atoms with Crippen molar-refractivity contribution in [2.45, 2.75) is 18.0 Å². The highest BCUT2D eigenvalue weighted by molar-refractivity contribution is 7.89. The van der Waals surface area contributed by atoms with Crippen LogP contribution in [0.2, 0.25) is 0 Å². The first kappa shape index (κ1) is 21.4. The molecule has 1 aliphatic rings. The molecule has 0 radical (unpaired) electrons. The number of ether oxygens (including phenoxy) is 2. The summed E-state index contributed by atoms with van der Waals surface area (Å²) in [5, 5.41) is 0.924. The molecule has 5 rings (SSSR count). The van der Waals surface area contributed by atoms with Gasteiger partial charge in [-0.15, -0.1) is 0 Å². The summed E-state index contributed by atoms with van der Waals surface area (Å²) >= 11 is 0. The molecule has 0 unspecified atom stereocenters. The molecule has 0 saturated carbocycles. The Morgan fingerprint density at radius 2 is 1.64 bits per heavy atom. The van der Waals surface area contributed by atoms with Crippen LogP contribution in [0.25, 0.3) is 10.9 Å². The molecule has 0 amide bonds. The summed E-state index contributed by atoms with van der Waals surface area (Å²) < 4.78 is 53.5. The van der Waals surface area contributed by atoms with E-state index >= 15 is 0 Å². The fourth-order valence-corrected chi connectivity index (χ4v) is 5.26. The maximum absolute atomic E-state index is 13.8. The molecular weight excluding hydrogens is 443 g/mol. The van der Waals surface area contributed by atoms with Crippen LogP contribution in [0.1, 0.15) is 11.1 Å². The summed E-state index contributed by atoms with van der Waals surface area (Å²) in [7, 11) is -3.93. The van der Waals surface area contributed by atoms with Gasteiger partial charge in [0.05, 0.1) is 10.4 Å². The van der Waals surface area contributed by atoms with Crippen LogP contribution in [0.15, 0.2) is 83.9 Å². The number of rotatable bonds is 6. The van der Waals surface area contributed by atoms with Gasteiger partial charge in [0.1, 0.15) is 19.0 Å². The first-order valence-electron chi connectivity index (χ1n) is 10.5. The molecule has 4 aromatic rings. The highest BCUT2D eigenvalue weighted by Gasteiger charge is 2.27. The van der Waals surface area contributed by atoms with Crippen molar-refractivity contribution in [3.63, 3.8) is 0 Å². The predicted octanol–water partition coefficient (Wildman–Crippen LogP) is 4.54. The van der Waals surface area contributed by atoms with Crippen LogP contribution in [0.5, 0.6) is 11.5 Å². The molecule has 0 atom stereocenters.